The zero-order chi connectivity index (χ0) is 62.1. The predicted molar refractivity (Wildman–Crippen MR) is 302 cm³/mol. The number of nitrogens with two attached hydrogens (primary N) is 1. The Hall–Kier alpha value is -2.80. The largest absolute Gasteiger partial charge is 1.00 e. The second kappa shape index (κ2) is 64.2. The fourth-order valence-corrected chi connectivity index (χ4v) is 10.0. The number of carbonyl (C=O) groups is 4. The van der Waals surface area contributed by atoms with Gasteiger partial charge in [0.15, 0.2) is 5.78 Å². The summed E-state index contributed by atoms with van der Waals surface area (Å²) >= 11 is 0. The van der Waals surface area contributed by atoms with Crippen LogP contribution in [0.4, 0.5) is 4.79 Å². The Kier molecular flexibility index (Phi) is 79.2. The second-order valence-electron chi connectivity index (χ2n) is 22.2. The quantitative estimate of drug-likeness (QED) is 0.195. The van der Waals surface area contributed by atoms with E-state index in [2.05, 4.69) is 79.3 Å². The van der Waals surface area contributed by atoms with Crippen molar-refractivity contribution in [2.24, 2.45) is 64.9 Å². The van der Waals surface area contributed by atoms with Crippen molar-refractivity contribution in [3.8, 4) is 0 Å². The second-order valence-corrected chi connectivity index (χ2v) is 22.2. The van der Waals surface area contributed by atoms with Gasteiger partial charge in [-0.15, -0.1) is 0 Å². The topological polar surface area (TPSA) is 352 Å². The van der Waals surface area contributed by atoms with Crippen molar-refractivity contribution in [1.29, 1.82) is 0 Å². The normalized spacial score (nSPS) is 26.8. The van der Waals surface area contributed by atoms with E-state index < -0.39 is 5.60 Å². The molecule has 82 heavy (non-hydrogen) atoms. The standard InChI is InChI=1S/C12H23NO2.C8H16O.C8H14O.C8H12O.C7H15N.C6H12O.C4H8O2.C2H6O.4CO2.B.2Na.H2O.H/c1-8-6-9(2)10(7-8)13-11(14)15-12(3,4)5;3*1-3-7-5-8(9)4-6(7)2;1-5-3-6(2)7(8)4-5;1-5-2-3-6(7)4-5;1-3-6-4(2)5;1-2-3;4*2-1-3;;;;;/h8-10H,6-7H2,1-5H3,(H,13,14);6-9H,3-5H2,1-2H3;6-7H,3-5H2,1-2H3;4,7H,3,5H2,1-2H3;5-7H,3-4,8H2,1-2H3;5-7H,2-4H2,1H3;3H2,1-2H3;3H,2H2,1H3;;;;;;;;1H2;/q;;;;;;;;;;;;;2*+1;;-1/p-1/t8-,9+,10-;6-,7+,8+;6-,7+;;5-,6+,7-;5-,6+;;;;;;;;;;;/m100.11.........../s1. The predicted octanol–water partition coefficient (Wildman–Crippen LogP) is 3.04. The molecule has 5 fully saturated rings. The molecular formula is C59H108BN2Na2O18. The molecule has 1 unspecified atom stereocenters. The smallest absolute Gasteiger partial charge is 1.00 e. The molecule has 0 heterocycles. The van der Waals surface area contributed by atoms with E-state index in [9.17, 15) is 24.3 Å². The summed E-state index contributed by atoms with van der Waals surface area (Å²) in [5, 5.41) is 28.6. The third-order valence-corrected chi connectivity index (χ3v) is 13.9. The molecule has 6 rings (SSSR count). The number of alkyl carbamates (subject to hydrolysis) is 1. The fourth-order valence-electron chi connectivity index (χ4n) is 10.0. The van der Waals surface area contributed by atoms with Crippen LogP contribution in [0, 0.1) is 59.2 Å². The van der Waals surface area contributed by atoms with Crippen LogP contribution in [0.2, 0.25) is 0 Å². The molecule has 0 aromatic heterocycles. The van der Waals surface area contributed by atoms with Gasteiger partial charge in [0.1, 0.15) is 11.4 Å². The molecule has 0 aliphatic heterocycles. The molecule has 0 bridgehead atoms. The maximum absolute atomic E-state index is 11.5. The van der Waals surface area contributed by atoms with E-state index in [1.165, 1.54) is 51.0 Å². The molecule has 0 aromatic rings. The minimum absolute atomic E-state index is 0. The Morgan fingerprint density at radius 1 is 0.646 bits per heavy atom. The summed E-state index contributed by atoms with van der Waals surface area (Å²) in [6, 6.07) is 0.778. The number of aliphatic hydroxyl groups is 3. The van der Waals surface area contributed by atoms with Crippen molar-refractivity contribution < 1.29 is 148 Å². The number of hydrogen-bond donors (Lipinski definition) is 5. The van der Waals surface area contributed by atoms with Gasteiger partial charge in [0.25, 0.3) is 0 Å². The van der Waals surface area contributed by atoms with Gasteiger partial charge < -0.3 is 42.7 Å². The van der Waals surface area contributed by atoms with E-state index in [4.69, 9.17) is 59.0 Å². The fraction of sp³-hybridized carbons (Fsp3) is 0.831. The molecule has 14 atom stereocenters. The summed E-state index contributed by atoms with van der Waals surface area (Å²) in [4.78, 5) is 108. The first-order valence-electron chi connectivity index (χ1n) is 27.9. The van der Waals surface area contributed by atoms with Crippen molar-refractivity contribution in [3.63, 3.8) is 0 Å². The van der Waals surface area contributed by atoms with E-state index in [0.717, 1.165) is 87.4 Å². The number of hydrogen-bond acceptors (Lipinski definition) is 19. The Morgan fingerprint density at radius 2 is 1.10 bits per heavy atom. The molecular weight excluding hydrogens is 1080 g/mol. The van der Waals surface area contributed by atoms with Crippen molar-refractivity contribution >= 4 is 56.6 Å². The number of Topliss-reactive ketones (excluding diaryl/α,β-unsaturated/α-hetero) is 1. The maximum Gasteiger partial charge on any atom is 1.00 e. The third kappa shape index (κ3) is 63.2. The number of allylic oxidation sites excluding steroid dienone is 2. The van der Waals surface area contributed by atoms with Gasteiger partial charge in [0.05, 0.1) is 18.8 Å². The Morgan fingerprint density at radius 3 is 1.27 bits per heavy atom. The number of rotatable bonds is 5. The van der Waals surface area contributed by atoms with Crippen molar-refractivity contribution in [2.45, 2.75) is 244 Å². The van der Waals surface area contributed by atoms with Crippen LogP contribution >= 0.6 is 0 Å². The molecule has 20 nitrogen and oxygen atoms in total. The average Bonchev–Trinajstić information content (AvgIpc) is 4.17. The summed E-state index contributed by atoms with van der Waals surface area (Å²) in [5.74, 6) is 7.70. The third-order valence-electron chi connectivity index (χ3n) is 13.9. The van der Waals surface area contributed by atoms with E-state index in [1.54, 1.807) is 19.9 Å². The minimum atomic E-state index is -0.405. The van der Waals surface area contributed by atoms with Gasteiger partial charge in [0.2, 0.25) is 0 Å². The van der Waals surface area contributed by atoms with Crippen molar-refractivity contribution in [3.05, 3.63) is 11.6 Å². The van der Waals surface area contributed by atoms with Crippen LogP contribution in [-0.2, 0) is 62.2 Å². The number of nitrogens with one attached hydrogen (secondary N) is 1. The number of ketones is 2. The first kappa shape index (κ1) is 101. The van der Waals surface area contributed by atoms with Crippen LogP contribution in [0.5, 0.6) is 0 Å². The summed E-state index contributed by atoms with van der Waals surface area (Å²) in [6.45, 7) is 35.3. The first-order valence-corrected chi connectivity index (χ1v) is 27.9. The first-order chi connectivity index (χ1) is 36.3. The van der Waals surface area contributed by atoms with Gasteiger partial charge >= 0.3 is 95.8 Å². The summed E-state index contributed by atoms with van der Waals surface area (Å²) in [5.41, 5.74) is 6.63. The molecule has 3 radical (unpaired) electrons. The van der Waals surface area contributed by atoms with Crippen LogP contribution in [0.1, 0.15) is 215 Å². The van der Waals surface area contributed by atoms with Gasteiger partial charge in [-0.05, 0) is 171 Å². The molecule has 0 spiro atoms. The minimum Gasteiger partial charge on any atom is -1.00 e. The van der Waals surface area contributed by atoms with Crippen molar-refractivity contribution in [1.82, 2.24) is 5.32 Å². The van der Waals surface area contributed by atoms with Crippen LogP contribution in [0.25, 0.3) is 0 Å². The number of carbonyl (C=O) groups excluding carboxylic acids is 12. The van der Waals surface area contributed by atoms with Gasteiger partial charge in [0, 0.05) is 53.3 Å². The van der Waals surface area contributed by atoms with Crippen molar-refractivity contribution in [2.75, 3.05) is 13.2 Å². The number of ether oxygens (including phenoxy) is 2. The molecule has 0 saturated heterocycles. The molecule has 6 aliphatic rings. The van der Waals surface area contributed by atoms with Crippen LogP contribution in [0.15, 0.2) is 11.6 Å². The Labute approximate surface area is 540 Å². The molecule has 1 amide bonds. The Balaban J connectivity index is -0.0000000779. The molecule has 7 N–H and O–H groups in total. The van der Waals surface area contributed by atoms with Crippen LogP contribution < -0.4 is 70.2 Å². The van der Waals surface area contributed by atoms with E-state index in [-0.39, 0.29) is 136 Å². The molecule has 0 aromatic carbocycles. The molecule has 467 valence electrons. The van der Waals surface area contributed by atoms with Gasteiger partial charge in [-0.25, -0.2) is 4.79 Å². The number of amides is 1. The summed E-state index contributed by atoms with van der Waals surface area (Å²) < 4.78 is 9.64. The van der Waals surface area contributed by atoms with E-state index in [0.29, 0.717) is 53.8 Å². The maximum atomic E-state index is 11.5. The summed E-state index contributed by atoms with van der Waals surface area (Å²) in [7, 11) is 0. The van der Waals surface area contributed by atoms with Crippen LogP contribution in [0.3, 0.4) is 0 Å². The zero-order valence-electron chi connectivity index (χ0n) is 54.8. The van der Waals surface area contributed by atoms with E-state index in [1.807, 2.05) is 27.7 Å². The zero-order valence-corrected chi connectivity index (χ0v) is 57.8. The molecule has 5 saturated carbocycles. The Bertz CT molecular complexity index is 1690. The summed E-state index contributed by atoms with van der Waals surface area (Å²) in [6.07, 6.45) is 18.6. The van der Waals surface area contributed by atoms with Crippen LogP contribution in [-0.4, -0.2) is 121 Å². The molecule has 6 aliphatic carbocycles. The number of esters is 1. The van der Waals surface area contributed by atoms with Gasteiger partial charge in [-0.2, -0.15) is 38.4 Å². The van der Waals surface area contributed by atoms with Gasteiger partial charge in [-0.3, -0.25) is 14.4 Å². The monoisotopic (exact) mass is 1190 g/mol. The van der Waals surface area contributed by atoms with E-state index >= 15 is 0 Å². The van der Waals surface area contributed by atoms with Gasteiger partial charge in [-0.1, -0.05) is 87.7 Å². The average molecular weight is 1190 g/mol. The number of aliphatic hydroxyl groups excluding tert-OH is 3. The molecule has 23 heteroatoms. The SMILES string of the molecule is CCC1CC(=O)C=C1C.CCO.CCOC(C)=O.CC[C@@H]1CC(=O)C[C@@H]1C.CC[C@@H]1C[C@H](O)C[C@@H]1C.C[C@@H]1CC[C@H](O)C1.C[C@@H]1C[C@H](C)[C@H](NC(=O)OC(C)(C)C)C1.C[C@H]1C[C@@H](N)[C@@H](C)C1.O=C=O.O=C=O.O=C=O.O=C=O.[B].[H-].[Na+].[Na+].[OH-].